The third kappa shape index (κ3) is 2.93. The average molecular weight is 263 g/mol. The van der Waals surface area contributed by atoms with Crippen molar-refractivity contribution in [1.29, 1.82) is 0 Å². The number of ether oxygens (including phenoxy) is 2. The van der Waals surface area contributed by atoms with Crippen molar-refractivity contribution < 1.29 is 19.1 Å². The quantitative estimate of drug-likeness (QED) is 0.755. The van der Waals surface area contributed by atoms with Gasteiger partial charge < -0.3 is 14.4 Å². The summed E-state index contributed by atoms with van der Waals surface area (Å²) in [6, 6.07) is 6.57. The SMILES string of the molecule is COC(=O)c1ccc(C(=O)N2CCOC[C@H]2C)cc1. The van der Waals surface area contributed by atoms with Gasteiger partial charge in [-0.3, -0.25) is 4.79 Å². The molecule has 0 bridgehead atoms. The lowest BCUT2D eigenvalue weighted by atomic mass is 10.1. The van der Waals surface area contributed by atoms with Crippen molar-refractivity contribution in [3.8, 4) is 0 Å². The van der Waals surface area contributed by atoms with E-state index in [2.05, 4.69) is 4.74 Å². The molecule has 0 spiro atoms. The molecule has 1 aromatic carbocycles. The third-order valence-electron chi connectivity index (χ3n) is 3.18. The van der Waals surface area contributed by atoms with Crippen molar-refractivity contribution in [2.24, 2.45) is 0 Å². The van der Waals surface area contributed by atoms with E-state index in [4.69, 9.17) is 4.74 Å². The Morgan fingerprint density at radius 2 is 1.89 bits per heavy atom. The molecule has 0 N–H and O–H groups in total. The number of hydrogen-bond acceptors (Lipinski definition) is 4. The fraction of sp³-hybridized carbons (Fsp3) is 0.429. The minimum atomic E-state index is -0.404. The van der Waals surface area contributed by atoms with Gasteiger partial charge in [-0.2, -0.15) is 0 Å². The van der Waals surface area contributed by atoms with Crippen LogP contribution in [0, 0.1) is 0 Å². The number of hydrogen-bond donors (Lipinski definition) is 0. The lowest BCUT2D eigenvalue weighted by Gasteiger charge is -2.33. The number of benzene rings is 1. The summed E-state index contributed by atoms with van der Waals surface area (Å²) >= 11 is 0. The Balaban J connectivity index is 2.13. The topological polar surface area (TPSA) is 55.8 Å². The van der Waals surface area contributed by atoms with Crippen LogP contribution in [0.3, 0.4) is 0 Å². The molecule has 19 heavy (non-hydrogen) atoms. The van der Waals surface area contributed by atoms with Crippen LogP contribution < -0.4 is 0 Å². The Morgan fingerprint density at radius 1 is 1.26 bits per heavy atom. The molecule has 1 saturated heterocycles. The van der Waals surface area contributed by atoms with Crippen molar-refractivity contribution >= 4 is 11.9 Å². The van der Waals surface area contributed by atoms with Crippen molar-refractivity contribution in [1.82, 2.24) is 4.90 Å². The molecule has 0 saturated carbocycles. The number of morpholine rings is 1. The van der Waals surface area contributed by atoms with E-state index in [0.29, 0.717) is 30.9 Å². The third-order valence-corrected chi connectivity index (χ3v) is 3.18. The second-order valence-corrected chi connectivity index (χ2v) is 4.49. The number of carbonyl (C=O) groups excluding carboxylic acids is 2. The molecule has 0 aromatic heterocycles. The summed E-state index contributed by atoms with van der Waals surface area (Å²) in [5.41, 5.74) is 1.01. The molecule has 1 fully saturated rings. The summed E-state index contributed by atoms with van der Waals surface area (Å²) in [5.74, 6) is -0.439. The Kier molecular flexibility index (Phi) is 4.16. The first-order valence-electron chi connectivity index (χ1n) is 6.20. The Bertz CT molecular complexity index is 469. The van der Waals surface area contributed by atoms with Crippen molar-refractivity contribution in [2.75, 3.05) is 26.9 Å². The maximum absolute atomic E-state index is 12.3. The first kappa shape index (κ1) is 13.5. The molecule has 1 aliphatic heterocycles. The standard InChI is InChI=1S/C14H17NO4/c1-10-9-19-8-7-15(10)13(16)11-3-5-12(6-4-11)14(17)18-2/h3-6,10H,7-9H2,1-2H3/t10-/m1/s1. The van der Waals surface area contributed by atoms with E-state index in [1.807, 2.05) is 6.92 Å². The average Bonchev–Trinajstić information content (AvgIpc) is 2.46. The van der Waals surface area contributed by atoms with E-state index in [1.165, 1.54) is 7.11 Å². The van der Waals surface area contributed by atoms with Crippen molar-refractivity contribution in [3.05, 3.63) is 35.4 Å². The van der Waals surface area contributed by atoms with Gasteiger partial charge in [0, 0.05) is 12.1 Å². The zero-order valence-electron chi connectivity index (χ0n) is 11.1. The lowest BCUT2D eigenvalue weighted by molar-refractivity contribution is 0.00358. The second kappa shape index (κ2) is 5.84. The number of carbonyl (C=O) groups is 2. The van der Waals surface area contributed by atoms with Crippen molar-refractivity contribution in [2.45, 2.75) is 13.0 Å². The molecule has 1 aromatic rings. The highest BCUT2D eigenvalue weighted by molar-refractivity contribution is 5.96. The Morgan fingerprint density at radius 3 is 2.47 bits per heavy atom. The fourth-order valence-electron chi connectivity index (χ4n) is 2.06. The molecule has 1 heterocycles. The van der Waals surface area contributed by atoms with Gasteiger partial charge in [0.15, 0.2) is 0 Å². The molecule has 102 valence electrons. The number of rotatable bonds is 2. The molecule has 5 heteroatoms. The van der Waals surface area contributed by atoms with Crippen molar-refractivity contribution in [3.63, 3.8) is 0 Å². The maximum Gasteiger partial charge on any atom is 0.337 e. The van der Waals surface area contributed by atoms with Gasteiger partial charge in [-0.05, 0) is 31.2 Å². The summed E-state index contributed by atoms with van der Waals surface area (Å²) in [4.78, 5) is 25.4. The van der Waals surface area contributed by atoms with E-state index in [1.54, 1.807) is 29.2 Å². The second-order valence-electron chi connectivity index (χ2n) is 4.49. The van der Waals surface area contributed by atoms with Crippen LogP contribution in [-0.4, -0.2) is 49.7 Å². The largest absolute Gasteiger partial charge is 0.465 e. The monoisotopic (exact) mass is 263 g/mol. The zero-order valence-corrected chi connectivity index (χ0v) is 11.1. The minimum absolute atomic E-state index is 0.0350. The highest BCUT2D eigenvalue weighted by Gasteiger charge is 2.24. The zero-order chi connectivity index (χ0) is 13.8. The lowest BCUT2D eigenvalue weighted by Crippen LogP contribution is -2.47. The fourth-order valence-corrected chi connectivity index (χ4v) is 2.06. The molecule has 5 nitrogen and oxygen atoms in total. The molecule has 2 rings (SSSR count). The first-order chi connectivity index (χ1) is 9.13. The highest BCUT2D eigenvalue weighted by atomic mass is 16.5. The number of methoxy groups -OCH3 is 1. The molecule has 1 amide bonds. The van der Waals surface area contributed by atoms with E-state index in [0.717, 1.165) is 0 Å². The molecule has 1 atom stereocenters. The van der Waals surface area contributed by atoms with Crippen LogP contribution in [0.4, 0.5) is 0 Å². The molecular weight excluding hydrogens is 246 g/mol. The van der Waals surface area contributed by atoms with Gasteiger partial charge in [0.25, 0.3) is 5.91 Å². The van der Waals surface area contributed by atoms with E-state index in [-0.39, 0.29) is 11.9 Å². The smallest absolute Gasteiger partial charge is 0.337 e. The van der Waals surface area contributed by atoms with Crippen LogP contribution in [0.5, 0.6) is 0 Å². The number of nitrogens with zero attached hydrogens (tertiary/aromatic N) is 1. The molecule has 0 aliphatic carbocycles. The van der Waals surface area contributed by atoms with Crippen LogP contribution in [0.25, 0.3) is 0 Å². The van der Waals surface area contributed by atoms with E-state index < -0.39 is 5.97 Å². The van der Waals surface area contributed by atoms with Gasteiger partial charge in [0.2, 0.25) is 0 Å². The predicted molar refractivity (Wildman–Crippen MR) is 69.1 cm³/mol. The van der Waals surface area contributed by atoms with Crippen LogP contribution >= 0.6 is 0 Å². The van der Waals surface area contributed by atoms with Gasteiger partial charge >= 0.3 is 5.97 Å². The molecular formula is C14H17NO4. The van der Waals surface area contributed by atoms with Gasteiger partial charge in [0.1, 0.15) is 0 Å². The molecule has 1 aliphatic rings. The maximum atomic E-state index is 12.3. The Hall–Kier alpha value is -1.88. The summed E-state index contributed by atoms with van der Waals surface area (Å²) < 4.78 is 9.93. The predicted octanol–water partition coefficient (Wildman–Crippen LogP) is 1.33. The van der Waals surface area contributed by atoms with E-state index in [9.17, 15) is 9.59 Å². The molecule has 0 unspecified atom stereocenters. The van der Waals surface area contributed by atoms with E-state index >= 15 is 0 Å². The first-order valence-corrected chi connectivity index (χ1v) is 6.20. The summed E-state index contributed by atoms with van der Waals surface area (Å²) in [6.45, 7) is 3.68. The number of esters is 1. The highest BCUT2D eigenvalue weighted by Crippen LogP contribution is 2.13. The minimum Gasteiger partial charge on any atom is -0.465 e. The van der Waals surface area contributed by atoms with Gasteiger partial charge in [-0.1, -0.05) is 0 Å². The number of amides is 1. The van der Waals surface area contributed by atoms with Gasteiger partial charge in [-0.25, -0.2) is 4.79 Å². The Labute approximate surface area is 112 Å². The summed E-state index contributed by atoms with van der Waals surface area (Å²) in [6.07, 6.45) is 0. The van der Waals surface area contributed by atoms with Crippen LogP contribution in [0.2, 0.25) is 0 Å². The van der Waals surface area contributed by atoms with Crippen LogP contribution in [0.15, 0.2) is 24.3 Å². The summed E-state index contributed by atoms with van der Waals surface area (Å²) in [5, 5.41) is 0. The van der Waals surface area contributed by atoms with Gasteiger partial charge in [0.05, 0.1) is 31.9 Å². The normalized spacial score (nSPS) is 19.1. The summed E-state index contributed by atoms with van der Waals surface area (Å²) in [7, 11) is 1.33. The van der Waals surface area contributed by atoms with Crippen LogP contribution in [0.1, 0.15) is 27.6 Å². The molecule has 0 radical (unpaired) electrons. The van der Waals surface area contributed by atoms with Crippen LogP contribution in [-0.2, 0) is 9.47 Å². The van der Waals surface area contributed by atoms with Gasteiger partial charge in [-0.15, -0.1) is 0 Å².